The van der Waals surface area contributed by atoms with Crippen molar-refractivity contribution in [2.75, 3.05) is 6.61 Å². The summed E-state index contributed by atoms with van der Waals surface area (Å²) >= 11 is 5.07. The van der Waals surface area contributed by atoms with Gasteiger partial charge in [0.25, 0.3) is 0 Å². The normalized spacial score (nSPS) is 10.6. The molecule has 0 fully saturated rings. The van der Waals surface area contributed by atoms with Gasteiger partial charge < -0.3 is 14.6 Å². The van der Waals surface area contributed by atoms with Gasteiger partial charge in [-0.2, -0.15) is 0 Å². The first kappa shape index (κ1) is 15.3. The molecule has 0 bridgehead atoms. The molecule has 0 amide bonds. The van der Waals surface area contributed by atoms with Crippen LogP contribution in [0.2, 0.25) is 0 Å². The Hall–Kier alpha value is -1.11. The number of benzene rings is 1. The molecule has 1 aromatic carbocycles. The maximum atomic E-state index is 9.23. The zero-order chi connectivity index (χ0) is 14.5. The van der Waals surface area contributed by atoms with Gasteiger partial charge in [-0.3, -0.25) is 0 Å². The number of aliphatic hydroxyl groups excluding tert-OH is 1. The van der Waals surface area contributed by atoms with Crippen LogP contribution in [0.25, 0.3) is 0 Å². The third kappa shape index (κ3) is 3.71. The molecule has 1 aromatic heterocycles. The summed E-state index contributed by atoms with van der Waals surface area (Å²) in [6, 6.07) is 3.62. The lowest BCUT2D eigenvalue weighted by Gasteiger charge is -2.14. The molecule has 0 saturated carbocycles. The predicted octanol–water partition coefficient (Wildman–Crippen LogP) is 3.68. The van der Waals surface area contributed by atoms with E-state index in [1.165, 1.54) is 0 Å². The molecule has 108 valence electrons. The molecule has 0 unspecified atom stereocenters. The van der Waals surface area contributed by atoms with Crippen LogP contribution in [-0.2, 0) is 13.2 Å². The summed E-state index contributed by atoms with van der Waals surface area (Å²) in [7, 11) is 0. The van der Waals surface area contributed by atoms with Gasteiger partial charge in [0.2, 0.25) is 0 Å². The number of thiazole rings is 1. The largest absolute Gasteiger partial charge is 0.490 e. The van der Waals surface area contributed by atoms with E-state index in [4.69, 9.17) is 9.47 Å². The van der Waals surface area contributed by atoms with Gasteiger partial charge in [-0.05, 0) is 47.5 Å². The van der Waals surface area contributed by atoms with E-state index >= 15 is 0 Å². The van der Waals surface area contributed by atoms with Gasteiger partial charge in [0.1, 0.15) is 6.61 Å². The van der Waals surface area contributed by atoms with Crippen LogP contribution < -0.4 is 9.47 Å². The van der Waals surface area contributed by atoms with E-state index in [2.05, 4.69) is 20.9 Å². The Balaban J connectivity index is 2.20. The van der Waals surface area contributed by atoms with Gasteiger partial charge >= 0.3 is 0 Å². The number of hydrogen-bond acceptors (Lipinski definition) is 5. The van der Waals surface area contributed by atoms with Crippen LogP contribution >= 0.6 is 27.3 Å². The molecule has 0 spiro atoms. The average Bonchev–Trinajstić information content (AvgIpc) is 2.83. The molecule has 1 heterocycles. The van der Waals surface area contributed by atoms with Crippen molar-refractivity contribution in [3.8, 4) is 11.5 Å². The Morgan fingerprint density at radius 1 is 1.35 bits per heavy atom. The Morgan fingerprint density at radius 2 is 2.15 bits per heavy atom. The lowest BCUT2D eigenvalue weighted by atomic mass is 10.2. The summed E-state index contributed by atoms with van der Waals surface area (Å²) in [6.07, 6.45) is 1.82. The van der Waals surface area contributed by atoms with Gasteiger partial charge in [-0.1, -0.05) is 0 Å². The van der Waals surface area contributed by atoms with Crippen LogP contribution in [0.15, 0.2) is 22.8 Å². The Bertz CT molecular complexity index is 586. The fourth-order valence-corrected chi connectivity index (χ4v) is 3.04. The van der Waals surface area contributed by atoms with E-state index in [0.29, 0.717) is 24.7 Å². The SMILES string of the molecule is CCOc1cc(CO)cc(Br)c1OCc1cnc(C)s1. The summed E-state index contributed by atoms with van der Waals surface area (Å²) in [5, 5.41) is 10.2. The minimum absolute atomic E-state index is 0.0347. The van der Waals surface area contributed by atoms with E-state index in [9.17, 15) is 5.11 Å². The fourth-order valence-electron chi connectivity index (χ4n) is 1.73. The second kappa shape index (κ2) is 7.06. The van der Waals surface area contributed by atoms with Crippen LogP contribution in [0.3, 0.4) is 0 Å². The zero-order valence-electron chi connectivity index (χ0n) is 11.4. The zero-order valence-corrected chi connectivity index (χ0v) is 13.8. The molecular weight excluding hydrogens is 342 g/mol. The molecule has 0 aliphatic rings. The van der Waals surface area contributed by atoms with Crippen LogP contribution in [0, 0.1) is 6.92 Å². The van der Waals surface area contributed by atoms with Crippen LogP contribution in [0.5, 0.6) is 11.5 Å². The summed E-state index contributed by atoms with van der Waals surface area (Å²) in [6.45, 7) is 4.83. The van der Waals surface area contributed by atoms with Crippen molar-refractivity contribution in [2.24, 2.45) is 0 Å². The quantitative estimate of drug-likeness (QED) is 0.856. The second-order valence-corrected chi connectivity index (χ2v) is 6.30. The highest BCUT2D eigenvalue weighted by molar-refractivity contribution is 9.10. The number of aromatic nitrogens is 1. The number of aryl methyl sites for hydroxylation is 1. The van der Waals surface area contributed by atoms with Gasteiger partial charge in [-0.15, -0.1) is 11.3 Å². The van der Waals surface area contributed by atoms with Crippen molar-refractivity contribution in [2.45, 2.75) is 27.1 Å². The first-order chi connectivity index (χ1) is 9.63. The number of halogens is 1. The van der Waals surface area contributed by atoms with Crippen molar-refractivity contribution < 1.29 is 14.6 Å². The van der Waals surface area contributed by atoms with Crippen molar-refractivity contribution in [3.63, 3.8) is 0 Å². The van der Waals surface area contributed by atoms with Crippen molar-refractivity contribution in [3.05, 3.63) is 38.3 Å². The third-order valence-corrected chi connectivity index (χ3v) is 4.05. The first-order valence-corrected chi connectivity index (χ1v) is 7.85. The van der Waals surface area contributed by atoms with E-state index in [1.54, 1.807) is 17.4 Å². The first-order valence-electron chi connectivity index (χ1n) is 6.24. The summed E-state index contributed by atoms with van der Waals surface area (Å²) in [5.74, 6) is 1.28. The Morgan fingerprint density at radius 3 is 2.75 bits per heavy atom. The molecule has 0 aliphatic carbocycles. The monoisotopic (exact) mass is 357 g/mol. The number of ether oxygens (including phenoxy) is 2. The van der Waals surface area contributed by atoms with Crippen molar-refractivity contribution in [1.29, 1.82) is 0 Å². The minimum atomic E-state index is -0.0347. The van der Waals surface area contributed by atoms with Gasteiger partial charge in [0, 0.05) is 6.20 Å². The standard InChI is InChI=1S/C14H16BrNO3S/c1-3-18-13-5-10(7-17)4-12(15)14(13)19-8-11-6-16-9(2)20-11/h4-6,17H,3,7-8H2,1-2H3. The highest BCUT2D eigenvalue weighted by Gasteiger charge is 2.13. The molecule has 2 aromatic rings. The van der Waals surface area contributed by atoms with Gasteiger partial charge in [0.05, 0.1) is 27.6 Å². The van der Waals surface area contributed by atoms with Gasteiger partial charge in [0.15, 0.2) is 11.5 Å². The molecule has 1 N–H and O–H groups in total. The molecule has 0 radical (unpaired) electrons. The second-order valence-electron chi connectivity index (χ2n) is 4.13. The van der Waals surface area contributed by atoms with Crippen LogP contribution in [0.4, 0.5) is 0 Å². The number of aliphatic hydroxyl groups is 1. The molecule has 2 rings (SSSR count). The molecule has 4 nitrogen and oxygen atoms in total. The highest BCUT2D eigenvalue weighted by Crippen LogP contribution is 2.37. The molecule has 0 aliphatic heterocycles. The summed E-state index contributed by atoms with van der Waals surface area (Å²) < 4.78 is 12.2. The summed E-state index contributed by atoms with van der Waals surface area (Å²) in [4.78, 5) is 5.26. The molecular formula is C14H16BrNO3S. The average molecular weight is 358 g/mol. The smallest absolute Gasteiger partial charge is 0.175 e. The van der Waals surface area contributed by atoms with Gasteiger partial charge in [-0.25, -0.2) is 4.98 Å². The van der Waals surface area contributed by atoms with E-state index in [0.717, 1.165) is 19.9 Å². The molecule has 0 saturated heterocycles. The third-order valence-electron chi connectivity index (χ3n) is 2.58. The van der Waals surface area contributed by atoms with E-state index < -0.39 is 0 Å². The van der Waals surface area contributed by atoms with Crippen LogP contribution in [-0.4, -0.2) is 16.7 Å². The summed E-state index contributed by atoms with van der Waals surface area (Å²) in [5.41, 5.74) is 0.779. The molecule has 0 atom stereocenters. The molecule has 6 heteroatoms. The van der Waals surface area contributed by atoms with Crippen molar-refractivity contribution >= 4 is 27.3 Å². The maximum Gasteiger partial charge on any atom is 0.175 e. The number of hydrogen-bond donors (Lipinski definition) is 1. The minimum Gasteiger partial charge on any atom is -0.490 e. The number of rotatable bonds is 6. The lowest BCUT2D eigenvalue weighted by Crippen LogP contribution is -2.00. The van der Waals surface area contributed by atoms with E-state index in [1.807, 2.05) is 26.1 Å². The highest BCUT2D eigenvalue weighted by atomic mass is 79.9. The Kier molecular flexibility index (Phi) is 5.39. The number of nitrogens with zero attached hydrogens (tertiary/aromatic N) is 1. The van der Waals surface area contributed by atoms with E-state index in [-0.39, 0.29) is 6.61 Å². The topological polar surface area (TPSA) is 51.6 Å². The predicted molar refractivity (Wildman–Crippen MR) is 82.4 cm³/mol. The van der Waals surface area contributed by atoms with Crippen LogP contribution in [0.1, 0.15) is 22.4 Å². The fraction of sp³-hybridized carbons (Fsp3) is 0.357. The van der Waals surface area contributed by atoms with Crippen molar-refractivity contribution in [1.82, 2.24) is 4.98 Å². The lowest BCUT2D eigenvalue weighted by molar-refractivity contribution is 0.263. The maximum absolute atomic E-state index is 9.23. The Labute approximate surface area is 130 Å². The molecule has 20 heavy (non-hydrogen) atoms.